The Morgan fingerprint density at radius 3 is 2.20 bits per heavy atom. The van der Waals surface area contributed by atoms with E-state index in [1.54, 1.807) is 41.4 Å². The molecular formula is C36H41N5O3S. The average molecular weight is 624 g/mol. The molecule has 2 heterocycles. The quantitative estimate of drug-likeness (QED) is 0.181. The number of sulfonamides is 1. The van der Waals surface area contributed by atoms with E-state index in [-0.39, 0.29) is 16.3 Å². The highest BCUT2D eigenvalue weighted by atomic mass is 32.2. The summed E-state index contributed by atoms with van der Waals surface area (Å²) in [6.45, 7) is 11.0. The van der Waals surface area contributed by atoms with Crippen molar-refractivity contribution in [2.24, 2.45) is 10.2 Å². The van der Waals surface area contributed by atoms with Crippen LogP contribution in [0.4, 0.5) is 10.5 Å². The van der Waals surface area contributed by atoms with E-state index < -0.39 is 15.7 Å². The number of pyridine rings is 1. The fourth-order valence-electron chi connectivity index (χ4n) is 5.75. The third-order valence-corrected chi connectivity index (χ3v) is 9.76. The number of likely N-dealkylation sites (N-methyl/N-ethyl adjacent to an activating group) is 1. The van der Waals surface area contributed by atoms with Crippen LogP contribution in [0.1, 0.15) is 62.8 Å². The normalized spacial score (nSPS) is 16.7. The van der Waals surface area contributed by atoms with Gasteiger partial charge in [-0.05, 0) is 79.0 Å². The summed E-state index contributed by atoms with van der Waals surface area (Å²) in [6.07, 6.45) is 4.57. The van der Waals surface area contributed by atoms with Crippen molar-refractivity contribution < 1.29 is 13.2 Å². The number of amides is 2. The van der Waals surface area contributed by atoms with Gasteiger partial charge in [-0.3, -0.25) is 14.6 Å². The molecule has 0 saturated heterocycles. The lowest BCUT2D eigenvalue weighted by Gasteiger charge is -2.34. The molecule has 0 saturated carbocycles. The zero-order valence-corrected chi connectivity index (χ0v) is 27.4. The maximum atomic E-state index is 12.8. The number of aromatic nitrogens is 1. The Morgan fingerprint density at radius 1 is 0.911 bits per heavy atom. The highest BCUT2D eigenvalue weighted by molar-refractivity contribution is 7.92. The maximum Gasteiger partial charge on any atom is 0.363 e. The molecule has 1 aliphatic rings. The first-order chi connectivity index (χ1) is 21.4. The number of nitrogens with zero attached hydrogens (tertiary/aromatic N) is 4. The van der Waals surface area contributed by atoms with Crippen LogP contribution in [0.3, 0.4) is 0 Å². The molecule has 234 valence electrons. The van der Waals surface area contributed by atoms with Gasteiger partial charge in [-0.1, -0.05) is 92.6 Å². The zero-order valence-electron chi connectivity index (χ0n) is 26.6. The molecule has 9 heteroatoms. The molecule has 8 nitrogen and oxygen atoms in total. The van der Waals surface area contributed by atoms with Crippen LogP contribution in [0.5, 0.6) is 0 Å². The molecule has 0 aliphatic carbocycles. The van der Waals surface area contributed by atoms with Crippen LogP contribution < -0.4 is 4.72 Å². The first kappa shape index (κ1) is 32.0. The summed E-state index contributed by atoms with van der Waals surface area (Å²) < 4.78 is 28.2. The van der Waals surface area contributed by atoms with Crippen LogP contribution in [0.2, 0.25) is 0 Å². The van der Waals surface area contributed by atoms with E-state index in [9.17, 15) is 13.2 Å². The number of rotatable bonds is 11. The summed E-state index contributed by atoms with van der Waals surface area (Å²) in [4.78, 5) is 19.1. The molecule has 1 atom stereocenters. The van der Waals surface area contributed by atoms with Crippen LogP contribution in [0.25, 0.3) is 11.3 Å². The summed E-state index contributed by atoms with van der Waals surface area (Å²) in [5.41, 5.74) is 5.92. The van der Waals surface area contributed by atoms with Gasteiger partial charge in [0.05, 0.1) is 22.5 Å². The van der Waals surface area contributed by atoms with E-state index in [1.807, 2.05) is 32.0 Å². The van der Waals surface area contributed by atoms with Crippen molar-refractivity contribution in [2.45, 2.75) is 76.3 Å². The summed E-state index contributed by atoms with van der Waals surface area (Å²) in [5.74, 6) is 0. The maximum absolute atomic E-state index is 12.8. The molecule has 4 aromatic rings. The summed E-state index contributed by atoms with van der Waals surface area (Å²) in [5, 5.41) is 8.54. The van der Waals surface area contributed by atoms with Gasteiger partial charge < -0.3 is 0 Å². The summed E-state index contributed by atoms with van der Waals surface area (Å²) in [7, 11) is -3.70. The minimum atomic E-state index is -3.70. The van der Waals surface area contributed by atoms with Gasteiger partial charge in [-0.25, -0.2) is 13.2 Å². The molecule has 0 bridgehead atoms. The number of carbonyl (C=O) groups is 1. The minimum Gasteiger partial charge on any atom is -0.295 e. The van der Waals surface area contributed by atoms with Crippen molar-refractivity contribution in [2.75, 3.05) is 11.3 Å². The van der Waals surface area contributed by atoms with Crippen LogP contribution in [0.15, 0.2) is 106 Å². The summed E-state index contributed by atoms with van der Waals surface area (Å²) in [6, 6.07) is 26.8. The number of urea groups is 1. The van der Waals surface area contributed by atoms with Gasteiger partial charge in [0, 0.05) is 18.5 Å². The number of aryl methyl sites for hydroxylation is 2. The highest BCUT2D eigenvalue weighted by Crippen LogP contribution is 2.35. The van der Waals surface area contributed by atoms with Crippen molar-refractivity contribution in [1.29, 1.82) is 0 Å². The summed E-state index contributed by atoms with van der Waals surface area (Å²) >= 11 is 0. The van der Waals surface area contributed by atoms with Crippen molar-refractivity contribution in [3.8, 4) is 11.3 Å². The van der Waals surface area contributed by atoms with Crippen LogP contribution in [-0.2, 0) is 28.3 Å². The minimum absolute atomic E-state index is 0.0749. The Labute approximate surface area is 266 Å². The lowest BCUT2D eigenvalue weighted by Crippen LogP contribution is -2.47. The lowest BCUT2D eigenvalue weighted by molar-refractivity contribution is 0.138. The number of nitrogens with one attached hydrogen (secondary N) is 1. The number of azo groups is 1. The first-order valence-electron chi connectivity index (χ1n) is 15.4. The van der Waals surface area contributed by atoms with Gasteiger partial charge in [0.15, 0.2) is 5.66 Å². The Morgan fingerprint density at radius 2 is 1.58 bits per heavy atom. The number of benzene rings is 3. The molecule has 1 N–H and O–H groups in total. The van der Waals surface area contributed by atoms with E-state index in [1.165, 1.54) is 11.1 Å². The Kier molecular flexibility index (Phi) is 9.20. The standard InChI is InChI=1S/C36H41N5O3S/c1-6-41-34(42)38-40-36(41,24-28-16-20-30(21-17-28)35(3,4)5)22-10-11-27-14-18-29(19-15-27)32-23-26(2)33(25-37-32)39-45(43,44)31-12-8-7-9-13-31/h7-9,12-21,23,25,39H,6,10-11,22,24H2,1-5H3. The zero-order chi connectivity index (χ0) is 32.2. The van der Waals surface area contributed by atoms with Gasteiger partial charge in [-0.15, -0.1) is 0 Å². The molecule has 1 unspecified atom stereocenters. The van der Waals surface area contributed by atoms with E-state index in [2.05, 4.69) is 77.1 Å². The third kappa shape index (κ3) is 7.31. The molecule has 0 radical (unpaired) electrons. The van der Waals surface area contributed by atoms with Crippen LogP contribution in [0, 0.1) is 6.92 Å². The Bertz CT molecular complexity index is 1780. The topological polar surface area (TPSA) is 104 Å². The van der Waals surface area contributed by atoms with E-state index >= 15 is 0 Å². The SMILES string of the molecule is CCN1C(=O)N=NC1(CCCc1ccc(-c2cc(C)c(NS(=O)(=O)c3ccccc3)cn2)cc1)Cc1ccc(C(C)(C)C)cc1. The van der Waals surface area contributed by atoms with Crippen molar-refractivity contribution in [3.05, 3.63) is 113 Å². The number of hydrogen-bond donors (Lipinski definition) is 1. The molecule has 0 fully saturated rings. The van der Waals surface area contributed by atoms with Crippen LogP contribution >= 0.6 is 0 Å². The fourth-order valence-corrected chi connectivity index (χ4v) is 6.88. The average Bonchev–Trinajstić information content (AvgIpc) is 3.33. The van der Waals surface area contributed by atoms with Gasteiger partial charge in [0.25, 0.3) is 10.0 Å². The molecule has 45 heavy (non-hydrogen) atoms. The Balaban J connectivity index is 1.24. The Hall–Kier alpha value is -4.37. The number of carbonyl (C=O) groups excluding carboxylic acids is 1. The van der Waals surface area contributed by atoms with Gasteiger partial charge in [0.1, 0.15) is 0 Å². The first-order valence-corrected chi connectivity index (χ1v) is 16.9. The highest BCUT2D eigenvalue weighted by Gasteiger charge is 2.43. The predicted octanol–water partition coefficient (Wildman–Crippen LogP) is 8.32. The molecular weight excluding hydrogens is 582 g/mol. The number of hydrogen-bond acceptors (Lipinski definition) is 5. The predicted molar refractivity (Wildman–Crippen MR) is 179 cm³/mol. The molecule has 3 aromatic carbocycles. The largest absolute Gasteiger partial charge is 0.363 e. The van der Waals surface area contributed by atoms with E-state index in [4.69, 9.17) is 0 Å². The van der Waals surface area contributed by atoms with Gasteiger partial charge in [0.2, 0.25) is 0 Å². The molecule has 1 aliphatic heterocycles. The van der Waals surface area contributed by atoms with E-state index in [0.29, 0.717) is 25.1 Å². The fraction of sp³-hybridized carbons (Fsp3) is 0.333. The second-order valence-electron chi connectivity index (χ2n) is 12.7. The second-order valence-corrected chi connectivity index (χ2v) is 14.4. The smallest absolute Gasteiger partial charge is 0.295 e. The molecule has 1 aromatic heterocycles. The van der Waals surface area contributed by atoms with E-state index in [0.717, 1.165) is 35.2 Å². The van der Waals surface area contributed by atoms with Crippen LogP contribution in [-0.4, -0.2) is 36.5 Å². The van der Waals surface area contributed by atoms with Crippen molar-refractivity contribution in [1.82, 2.24) is 9.88 Å². The van der Waals surface area contributed by atoms with Crippen molar-refractivity contribution in [3.63, 3.8) is 0 Å². The number of anilines is 1. The lowest BCUT2D eigenvalue weighted by atomic mass is 9.85. The molecule has 2 amide bonds. The molecule has 5 rings (SSSR count). The van der Waals surface area contributed by atoms with Gasteiger partial charge >= 0.3 is 6.03 Å². The second kappa shape index (κ2) is 12.9. The molecule has 0 spiro atoms. The van der Waals surface area contributed by atoms with Crippen molar-refractivity contribution >= 4 is 21.7 Å². The monoisotopic (exact) mass is 623 g/mol. The third-order valence-electron chi connectivity index (χ3n) is 8.38. The van der Waals surface area contributed by atoms with Gasteiger partial charge in [-0.2, -0.15) is 5.11 Å².